The molecule has 4 unspecified atom stereocenters. The summed E-state index contributed by atoms with van der Waals surface area (Å²) in [4.78, 5) is 115. The number of carbonyl (C=O) groups excluding carboxylic acids is 3. The fourth-order valence-corrected chi connectivity index (χ4v) is 12.9. The van der Waals surface area contributed by atoms with Crippen LogP contribution >= 0.6 is 23.2 Å². The van der Waals surface area contributed by atoms with E-state index in [-0.39, 0.29) is 80.3 Å². The van der Waals surface area contributed by atoms with E-state index in [1.54, 1.807) is 24.3 Å². The van der Waals surface area contributed by atoms with Crippen LogP contribution in [0.4, 0.5) is 5.69 Å². The molecular formula is C56H65N10O20P3. The van der Waals surface area contributed by atoms with E-state index in [4.69, 9.17) is 29.4 Å². The van der Waals surface area contributed by atoms with Crippen LogP contribution in [0.15, 0.2) is 109 Å². The number of anilines is 1. The molecule has 2 aliphatic carbocycles. The molecule has 2 heterocycles. The quantitative estimate of drug-likeness (QED) is 0.00774. The zero-order valence-corrected chi connectivity index (χ0v) is 51.4. The van der Waals surface area contributed by atoms with Crippen LogP contribution in [0.3, 0.4) is 0 Å². The Bertz CT molecular complexity index is 3910. The fraction of sp³-hybridized carbons (Fsp3) is 0.375. The van der Waals surface area contributed by atoms with Crippen molar-refractivity contribution in [3.8, 4) is 17.6 Å². The Hall–Kier alpha value is -8.09. The van der Waals surface area contributed by atoms with Gasteiger partial charge in [-0.3, -0.25) is 42.8 Å². The molecule has 1 fully saturated rings. The number of amides is 3. The number of nitrogens with one attached hydrogen (secondary N) is 5. The minimum atomic E-state index is -5.49. The topological polar surface area (TPSA) is 429 Å². The number of fused-ring (bicyclic) bond motifs is 2. The van der Waals surface area contributed by atoms with Crippen LogP contribution in [0.2, 0.25) is 0 Å². The monoisotopic (exact) mass is 1290 g/mol. The number of allylic oxidation sites excluding steroid dienone is 5. The summed E-state index contributed by atoms with van der Waals surface area (Å²) >= 11 is 0. The van der Waals surface area contributed by atoms with E-state index >= 15 is 0 Å². The highest BCUT2D eigenvalue weighted by Crippen LogP contribution is 2.66. The molecule has 1 saturated heterocycles. The Labute approximate surface area is 508 Å². The van der Waals surface area contributed by atoms with Gasteiger partial charge in [-0.2, -0.15) is 4.31 Å². The number of aromatic amines is 1. The molecule has 33 heteroatoms. The lowest BCUT2D eigenvalue weighted by Crippen LogP contribution is -2.34. The molecule has 1 aliphatic heterocycles. The highest BCUT2D eigenvalue weighted by molar-refractivity contribution is 7.68. The lowest BCUT2D eigenvalue weighted by atomic mass is 9.74. The molecule has 89 heavy (non-hydrogen) atoms. The molecule has 0 saturated carbocycles. The summed E-state index contributed by atoms with van der Waals surface area (Å²) < 4.78 is 71.1. The van der Waals surface area contributed by atoms with Crippen molar-refractivity contribution in [3.05, 3.63) is 165 Å². The average molecular weight is 1290 g/mol. The second-order valence-corrected chi connectivity index (χ2v) is 25.0. The smallest absolute Gasteiger partial charge is 0.488 e. The molecule has 0 spiro atoms. The Morgan fingerprint density at radius 1 is 0.921 bits per heavy atom. The third-order valence-corrected chi connectivity index (χ3v) is 17.4. The molecule has 0 radical (unpaired) electrons. The normalized spacial score (nSPS) is 18.0. The van der Waals surface area contributed by atoms with Gasteiger partial charge in [0.15, 0.2) is 6.23 Å². The van der Waals surface area contributed by atoms with Crippen molar-refractivity contribution in [1.29, 1.82) is 0 Å². The highest BCUT2D eigenvalue weighted by atomic mass is 31.3. The van der Waals surface area contributed by atoms with E-state index in [1.165, 1.54) is 18.2 Å². The van der Waals surface area contributed by atoms with Gasteiger partial charge in [0.25, 0.3) is 17.4 Å². The molecule has 3 amide bonds. The van der Waals surface area contributed by atoms with E-state index in [0.29, 0.717) is 37.3 Å². The summed E-state index contributed by atoms with van der Waals surface area (Å²) in [5, 5.41) is 25.5. The first-order valence-electron chi connectivity index (χ1n) is 27.5. The summed E-state index contributed by atoms with van der Waals surface area (Å²) in [7, 11) is -15.4. The van der Waals surface area contributed by atoms with Crippen molar-refractivity contribution in [2.24, 2.45) is 10.1 Å². The number of aryl methyl sites for hydroxylation is 1. The van der Waals surface area contributed by atoms with Crippen LogP contribution in [-0.2, 0) is 52.3 Å². The molecule has 9 N–H and O–H groups in total. The van der Waals surface area contributed by atoms with E-state index in [1.807, 2.05) is 33.8 Å². The Kier molecular flexibility index (Phi) is 23.7. The maximum atomic E-state index is 13.7. The molecule has 4 aromatic rings. The number of carboxylic acids is 1. The SMILES string of the molecule is CCN=C1C=C2Cc3cc(NCC)c(C)cc3C(c3cc(C(=O)NCCNC(=O)c4cccc(OCC(N=[N+]=[N-])OCCOCC(=O)NCC#Cc5cn([C@H]6CC[C@@H](COP(=O)(O)OP(=O)(O)OP(C)(=O)O)O6)c(=O)[nH]c5=O)c4)ccc3C(=O)O)=C2C=C1C. The minimum Gasteiger partial charge on any atom is -0.491 e. The van der Waals surface area contributed by atoms with Gasteiger partial charge in [-0.15, -0.1) is 0 Å². The number of carboxylic acid groups (broad SMARTS) is 1. The number of rotatable bonds is 29. The molecule has 0 bridgehead atoms. The molecule has 6 atom stereocenters. The summed E-state index contributed by atoms with van der Waals surface area (Å²) in [6, 6.07) is 14.8. The molecule has 1 aromatic heterocycles. The zero-order chi connectivity index (χ0) is 64.6. The van der Waals surface area contributed by atoms with Gasteiger partial charge in [-0.1, -0.05) is 23.0 Å². The molecule has 3 aliphatic rings. The van der Waals surface area contributed by atoms with Gasteiger partial charge in [-0.25, -0.2) is 23.0 Å². The number of nitrogens with zero attached hydrogens (tertiary/aromatic N) is 5. The van der Waals surface area contributed by atoms with Gasteiger partial charge in [0.1, 0.15) is 30.8 Å². The predicted molar refractivity (Wildman–Crippen MR) is 322 cm³/mol. The van der Waals surface area contributed by atoms with Crippen molar-refractivity contribution >= 4 is 63.9 Å². The summed E-state index contributed by atoms with van der Waals surface area (Å²) in [5.74, 6) is 2.61. The van der Waals surface area contributed by atoms with Gasteiger partial charge < -0.3 is 60.0 Å². The second kappa shape index (κ2) is 30.9. The first-order chi connectivity index (χ1) is 42.3. The highest BCUT2D eigenvalue weighted by Gasteiger charge is 2.41. The number of benzene rings is 3. The summed E-state index contributed by atoms with van der Waals surface area (Å²) in [5.41, 5.74) is 16.2. The Balaban J connectivity index is 0.840. The molecular weight excluding hydrogens is 1230 g/mol. The van der Waals surface area contributed by atoms with Gasteiger partial charge >= 0.3 is 34.9 Å². The van der Waals surface area contributed by atoms with Crippen molar-refractivity contribution in [2.75, 3.05) is 77.7 Å². The van der Waals surface area contributed by atoms with Crippen molar-refractivity contribution in [2.45, 2.75) is 65.5 Å². The lowest BCUT2D eigenvalue weighted by molar-refractivity contribution is -0.126. The van der Waals surface area contributed by atoms with Crippen molar-refractivity contribution < 1.29 is 84.8 Å². The van der Waals surface area contributed by atoms with Crippen LogP contribution < -0.4 is 37.3 Å². The third-order valence-electron chi connectivity index (χ3n) is 13.2. The lowest BCUT2D eigenvalue weighted by Gasteiger charge is -2.30. The van der Waals surface area contributed by atoms with Crippen LogP contribution in [0.25, 0.3) is 16.0 Å². The summed E-state index contributed by atoms with van der Waals surface area (Å²) in [6.45, 7) is 7.92. The van der Waals surface area contributed by atoms with Crippen LogP contribution in [0.1, 0.15) is 98.7 Å². The number of phosphoric acid groups is 2. The van der Waals surface area contributed by atoms with Crippen LogP contribution in [0.5, 0.6) is 5.75 Å². The number of aromatic nitrogens is 2. The predicted octanol–water partition coefficient (Wildman–Crippen LogP) is 5.80. The molecule has 3 aromatic carbocycles. The second-order valence-electron chi connectivity index (χ2n) is 20.0. The Morgan fingerprint density at radius 2 is 1.66 bits per heavy atom. The van der Waals surface area contributed by atoms with Gasteiger partial charge in [-0.05, 0) is 158 Å². The minimum absolute atomic E-state index is 0.0246. The third kappa shape index (κ3) is 19.5. The summed E-state index contributed by atoms with van der Waals surface area (Å²) in [6.07, 6.45) is 2.92. The number of aliphatic imine (C=N–C) groups is 1. The van der Waals surface area contributed by atoms with Crippen LogP contribution in [-0.4, -0.2) is 143 Å². The average Bonchev–Trinajstić information content (AvgIpc) is 1.13. The maximum Gasteiger partial charge on any atom is 0.488 e. The number of ether oxygens (including phenoxy) is 4. The van der Waals surface area contributed by atoms with Gasteiger partial charge in [0.05, 0.1) is 43.7 Å². The van der Waals surface area contributed by atoms with Crippen molar-refractivity contribution in [1.82, 2.24) is 25.5 Å². The first kappa shape index (κ1) is 68.4. The number of hydrogen-bond acceptors (Lipinski definition) is 19. The van der Waals surface area contributed by atoms with Gasteiger partial charge in [0.2, 0.25) is 5.91 Å². The zero-order valence-electron chi connectivity index (χ0n) is 48.8. The molecule has 7 rings (SSSR count). The van der Waals surface area contributed by atoms with E-state index < -0.39 is 90.0 Å². The van der Waals surface area contributed by atoms with Crippen LogP contribution in [0, 0.1) is 18.8 Å². The van der Waals surface area contributed by atoms with E-state index in [9.17, 15) is 57.4 Å². The molecule has 474 valence electrons. The molecule has 30 nitrogen and oxygen atoms in total. The van der Waals surface area contributed by atoms with E-state index in [2.05, 4.69) is 84.5 Å². The fourth-order valence-electron chi connectivity index (χ4n) is 9.40. The number of aromatic carboxylic acids is 1. The van der Waals surface area contributed by atoms with E-state index in [0.717, 1.165) is 55.6 Å². The first-order valence-corrected chi connectivity index (χ1v) is 32.5. The number of H-pyrrole nitrogens is 1. The van der Waals surface area contributed by atoms with Gasteiger partial charge in [0, 0.05) is 60.8 Å². The Morgan fingerprint density at radius 3 is 2.36 bits per heavy atom. The maximum absolute atomic E-state index is 13.7. The largest absolute Gasteiger partial charge is 0.491 e. The number of phosphoric ester groups is 1. The number of carbonyl (C=O) groups is 4. The standard InChI is InChI=1S/C56H65N10O20P3/c1-6-58-46-27-38-24-39-28-47(59-7-2)34(4)23-44(39)51(43(38)22-33(46)3)45-26-36(13-15-42(45)55(71)72)53(69)62-19-18-61-52(68)35-10-8-12-40(25-35)82-32-49(64-65-57)81-21-20-80-31-48(67)60-17-9-11-37-29-66(56(73)63-54(37)70)50-16-14-41(84-50)30-83-88(76,77)86-89(78,79)85-87(5,74)75/h8,10,12-13,15,22-23,25-29,41,49-50,58H,6-7,14,16-21,24,30-32H2,1-5H3,(H,60,67)(H,61,68)(H,62,69)(H,71,72)(H,74,75)(H,76,77)(H,78,79)(H,63,70,73)/t41-,49?,50+/m0/s1. The number of hydrogen-bond donors (Lipinski definition) is 9. The van der Waals surface area contributed by atoms with Crippen molar-refractivity contribution in [3.63, 3.8) is 0 Å². The number of azide groups is 1.